The number of hydrogen-bond donors (Lipinski definition) is 1. The number of benzene rings is 2. The zero-order valence-electron chi connectivity index (χ0n) is 13.5. The van der Waals surface area contributed by atoms with Crippen LogP contribution in [0.5, 0.6) is 0 Å². The van der Waals surface area contributed by atoms with Crippen molar-refractivity contribution in [2.45, 2.75) is 13.1 Å². The fourth-order valence-corrected chi connectivity index (χ4v) is 2.98. The quantitative estimate of drug-likeness (QED) is 0.357. The second-order valence-electron chi connectivity index (χ2n) is 5.47. The SMILES string of the molecule is Cc1cc(C=NNc2nc(-c3ccccc3)cs2)cc(C(F)(F)F)c1F. The molecule has 0 aliphatic carbocycles. The Labute approximate surface area is 151 Å². The Balaban J connectivity index is 1.75. The number of nitrogens with zero attached hydrogens (tertiary/aromatic N) is 2. The number of rotatable bonds is 4. The van der Waals surface area contributed by atoms with Crippen molar-refractivity contribution in [2.24, 2.45) is 5.10 Å². The van der Waals surface area contributed by atoms with E-state index in [-0.39, 0.29) is 11.1 Å². The molecule has 0 radical (unpaired) electrons. The van der Waals surface area contributed by atoms with Crippen LogP contribution in [0.15, 0.2) is 52.9 Å². The number of halogens is 4. The van der Waals surface area contributed by atoms with Gasteiger partial charge in [-0.05, 0) is 30.2 Å². The average Bonchev–Trinajstić information content (AvgIpc) is 3.06. The summed E-state index contributed by atoms with van der Waals surface area (Å²) in [5.41, 5.74) is 3.14. The smallest absolute Gasteiger partial charge is 0.253 e. The van der Waals surface area contributed by atoms with E-state index in [0.717, 1.165) is 17.3 Å². The van der Waals surface area contributed by atoms with Crippen LogP contribution in [0.4, 0.5) is 22.7 Å². The van der Waals surface area contributed by atoms with Crippen molar-refractivity contribution in [2.75, 3.05) is 5.43 Å². The summed E-state index contributed by atoms with van der Waals surface area (Å²) in [4.78, 5) is 4.35. The number of anilines is 1. The van der Waals surface area contributed by atoms with Crippen LogP contribution in [0.2, 0.25) is 0 Å². The topological polar surface area (TPSA) is 37.3 Å². The fourth-order valence-electron chi connectivity index (χ4n) is 2.31. The van der Waals surface area contributed by atoms with Crippen LogP contribution < -0.4 is 5.43 Å². The predicted octanol–water partition coefficient (Wildman–Crippen LogP) is 5.72. The summed E-state index contributed by atoms with van der Waals surface area (Å²) in [6.45, 7) is 1.28. The molecule has 0 saturated carbocycles. The molecule has 0 bridgehead atoms. The van der Waals surface area contributed by atoms with Crippen LogP contribution in [0.1, 0.15) is 16.7 Å². The van der Waals surface area contributed by atoms with E-state index in [4.69, 9.17) is 0 Å². The van der Waals surface area contributed by atoms with Gasteiger partial charge in [-0.3, -0.25) is 5.43 Å². The van der Waals surface area contributed by atoms with E-state index in [2.05, 4.69) is 15.5 Å². The van der Waals surface area contributed by atoms with Gasteiger partial charge in [0.1, 0.15) is 5.82 Å². The number of aromatic nitrogens is 1. The molecule has 0 aliphatic heterocycles. The first kappa shape index (κ1) is 18.1. The Bertz CT molecular complexity index is 933. The first-order chi connectivity index (χ1) is 12.3. The van der Waals surface area contributed by atoms with Gasteiger partial charge < -0.3 is 0 Å². The lowest BCUT2D eigenvalue weighted by atomic mass is 10.1. The molecule has 0 unspecified atom stereocenters. The number of thiazole rings is 1. The van der Waals surface area contributed by atoms with Crippen LogP contribution in [0.25, 0.3) is 11.3 Å². The van der Waals surface area contributed by atoms with E-state index < -0.39 is 17.6 Å². The summed E-state index contributed by atoms with van der Waals surface area (Å²) in [6.07, 6.45) is -3.56. The number of hydrogen-bond acceptors (Lipinski definition) is 4. The largest absolute Gasteiger partial charge is 0.419 e. The third kappa shape index (κ3) is 4.08. The second kappa shape index (κ2) is 7.25. The highest BCUT2D eigenvalue weighted by atomic mass is 32.1. The van der Waals surface area contributed by atoms with Gasteiger partial charge in [-0.1, -0.05) is 30.3 Å². The van der Waals surface area contributed by atoms with Crippen molar-refractivity contribution >= 4 is 22.7 Å². The summed E-state index contributed by atoms with van der Waals surface area (Å²) in [7, 11) is 0. The van der Waals surface area contributed by atoms with E-state index in [1.807, 2.05) is 35.7 Å². The minimum absolute atomic E-state index is 0.0955. The van der Waals surface area contributed by atoms with Crippen LogP contribution in [-0.4, -0.2) is 11.2 Å². The Kier molecular flexibility index (Phi) is 5.03. The van der Waals surface area contributed by atoms with E-state index in [0.29, 0.717) is 5.13 Å². The van der Waals surface area contributed by atoms with Crippen molar-refractivity contribution in [3.63, 3.8) is 0 Å². The van der Waals surface area contributed by atoms with Gasteiger partial charge in [-0.2, -0.15) is 18.3 Å². The number of aryl methyl sites for hydroxylation is 1. The molecule has 1 aromatic heterocycles. The standard InChI is InChI=1S/C18H13F4N3S/c1-11-7-12(8-14(16(11)19)18(20,21)22)9-23-25-17-24-15(10-26-17)13-5-3-2-4-6-13/h2-10H,1H3,(H,24,25). The van der Waals surface area contributed by atoms with Gasteiger partial charge in [-0.15, -0.1) is 11.3 Å². The van der Waals surface area contributed by atoms with Gasteiger partial charge in [0, 0.05) is 10.9 Å². The normalized spacial score (nSPS) is 11.9. The van der Waals surface area contributed by atoms with E-state index in [9.17, 15) is 17.6 Å². The van der Waals surface area contributed by atoms with Gasteiger partial charge in [0.05, 0.1) is 17.5 Å². The molecule has 1 N–H and O–H groups in total. The average molecular weight is 379 g/mol. The highest BCUT2D eigenvalue weighted by molar-refractivity contribution is 7.14. The molecule has 3 nitrogen and oxygen atoms in total. The Morgan fingerprint density at radius 3 is 2.58 bits per heavy atom. The minimum Gasteiger partial charge on any atom is -0.253 e. The lowest BCUT2D eigenvalue weighted by Gasteiger charge is -2.10. The predicted molar refractivity (Wildman–Crippen MR) is 94.9 cm³/mol. The molecule has 0 fully saturated rings. The van der Waals surface area contributed by atoms with E-state index in [1.54, 1.807) is 0 Å². The first-order valence-electron chi connectivity index (χ1n) is 7.52. The van der Waals surface area contributed by atoms with Crippen LogP contribution >= 0.6 is 11.3 Å². The molecule has 3 aromatic rings. The summed E-state index contributed by atoms with van der Waals surface area (Å²) >= 11 is 1.32. The van der Waals surface area contributed by atoms with E-state index in [1.165, 1.54) is 30.5 Å². The molecular formula is C18H13F4N3S. The summed E-state index contributed by atoms with van der Waals surface area (Å²) in [6, 6.07) is 11.6. The summed E-state index contributed by atoms with van der Waals surface area (Å²) in [5.74, 6) is -1.27. The van der Waals surface area contributed by atoms with Gasteiger partial charge in [-0.25, -0.2) is 9.37 Å². The van der Waals surface area contributed by atoms with Crippen LogP contribution in [0.3, 0.4) is 0 Å². The molecule has 0 amide bonds. The molecule has 26 heavy (non-hydrogen) atoms. The molecule has 0 saturated heterocycles. The zero-order valence-corrected chi connectivity index (χ0v) is 14.3. The fraction of sp³-hybridized carbons (Fsp3) is 0.111. The Morgan fingerprint density at radius 2 is 1.88 bits per heavy atom. The molecule has 134 valence electrons. The molecule has 3 rings (SSSR count). The van der Waals surface area contributed by atoms with E-state index >= 15 is 0 Å². The van der Waals surface area contributed by atoms with Gasteiger partial charge in [0.15, 0.2) is 0 Å². The van der Waals surface area contributed by atoms with Crippen molar-refractivity contribution in [3.8, 4) is 11.3 Å². The third-order valence-corrected chi connectivity index (χ3v) is 4.28. The second-order valence-corrected chi connectivity index (χ2v) is 6.33. The molecule has 0 spiro atoms. The van der Waals surface area contributed by atoms with Gasteiger partial charge in [0.25, 0.3) is 0 Å². The maximum atomic E-state index is 13.6. The third-order valence-electron chi connectivity index (χ3n) is 3.53. The lowest BCUT2D eigenvalue weighted by Crippen LogP contribution is -2.10. The molecule has 1 heterocycles. The van der Waals surface area contributed by atoms with Gasteiger partial charge >= 0.3 is 6.18 Å². The number of alkyl halides is 3. The monoisotopic (exact) mass is 379 g/mol. The number of hydrazone groups is 1. The highest BCUT2D eigenvalue weighted by Crippen LogP contribution is 2.33. The number of nitrogens with one attached hydrogen (secondary N) is 1. The molecule has 8 heteroatoms. The van der Waals surface area contributed by atoms with Crippen molar-refractivity contribution < 1.29 is 17.6 Å². The highest BCUT2D eigenvalue weighted by Gasteiger charge is 2.34. The van der Waals surface area contributed by atoms with Crippen LogP contribution in [-0.2, 0) is 6.18 Å². The van der Waals surface area contributed by atoms with Gasteiger partial charge in [0.2, 0.25) is 5.13 Å². The summed E-state index contributed by atoms with van der Waals surface area (Å²) < 4.78 is 52.2. The van der Waals surface area contributed by atoms with Crippen molar-refractivity contribution in [1.29, 1.82) is 0 Å². The Morgan fingerprint density at radius 1 is 1.15 bits per heavy atom. The zero-order chi connectivity index (χ0) is 18.7. The molecule has 0 atom stereocenters. The summed E-state index contributed by atoms with van der Waals surface area (Å²) in [5, 5.41) is 6.24. The minimum atomic E-state index is -4.76. The first-order valence-corrected chi connectivity index (χ1v) is 8.40. The van der Waals surface area contributed by atoms with Crippen molar-refractivity contribution in [3.05, 3.63) is 70.4 Å². The van der Waals surface area contributed by atoms with Crippen LogP contribution in [0, 0.1) is 12.7 Å². The maximum Gasteiger partial charge on any atom is 0.419 e. The maximum absolute atomic E-state index is 13.6. The molecular weight excluding hydrogens is 366 g/mol. The molecule has 0 aliphatic rings. The lowest BCUT2D eigenvalue weighted by molar-refractivity contribution is -0.140. The Hall–Kier alpha value is -2.74. The molecule has 2 aromatic carbocycles. The van der Waals surface area contributed by atoms with Crippen molar-refractivity contribution in [1.82, 2.24) is 4.98 Å².